The van der Waals surface area contributed by atoms with Gasteiger partial charge in [0, 0.05) is 18.1 Å². The number of nitrogens with two attached hydrogens (primary N) is 1. The van der Waals surface area contributed by atoms with Crippen LogP contribution >= 0.6 is 0 Å². The molecule has 0 aliphatic carbocycles. The molecule has 0 fully saturated rings. The summed E-state index contributed by atoms with van der Waals surface area (Å²) in [5.41, 5.74) is 5.66. The van der Waals surface area contributed by atoms with Crippen LogP contribution in [0, 0.1) is 0 Å². The van der Waals surface area contributed by atoms with Gasteiger partial charge in [-0.15, -0.1) is 0 Å². The van der Waals surface area contributed by atoms with Crippen LogP contribution in [0.1, 0.15) is 74.1 Å². The Bertz CT molecular complexity index is 136. The van der Waals surface area contributed by atoms with Gasteiger partial charge < -0.3 is 5.73 Å². The van der Waals surface area contributed by atoms with Gasteiger partial charge >= 0.3 is 0 Å². The van der Waals surface area contributed by atoms with Crippen molar-refractivity contribution in [3.05, 3.63) is 0 Å². The molecule has 0 aromatic rings. The number of hydrogen-bond donors (Lipinski definition) is 1. The summed E-state index contributed by atoms with van der Waals surface area (Å²) in [4.78, 5) is 2.46. The quantitative estimate of drug-likeness (QED) is 0.732. The maximum atomic E-state index is 5.66. The first kappa shape index (κ1) is 19.3. The molecule has 0 aromatic carbocycles. The molecule has 0 rings (SSSR count). The summed E-state index contributed by atoms with van der Waals surface area (Å²) in [5.74, 6) is 0. The highest BCUT2D eigenvalue weighted by atomic mass is 15.2. The third kappa shape index (κ3) is 12.2. The van der Waals surface area contributed by atoms with Crippen LogP contribution in [0.4, 0.5) is 0 Å². The third-order valence-electron chi connectivity index (χ3n) is 3.14. The summed E-state index contributed by atoms with van der Waals surface area (Å²) < 4.78 is 0. The van der Waals surface area contributed by atoms with E-state index in [1.165, 1.54) is 19.3 Å². The fraction of sp³-hybridized carbons (Fsp3) is 1.00. The summed E-state index contributed by atoms with van der Waals surface area (Å²) in [6.45, 7) is 16.7. The molecule has 2 heteroatoms. The smallest absolute Gasteiger partial charge is 0.00411 e. The van der Waals surface area contributed by atoms with E-state index in [4.69, 9.17) is 5.73 Å². The molecule has 0 aromatic heterocycles. The molecule has 0 saturated heterocycles. The van der Waals surface area contributed by atoms with Crippen LogP contribution in [0.5, 0.6) is 0 Å². The first-order valence-corrected chi connectivity index (χ1v) is 7.41. The van der Waals surface area contributed by atoms with Crippen molar-refractivity contribution < 1.29 is 0 Å². The van der Waals surface area contributed by atoms with Gasteiger partial charge in [-0.05, 0) is 47.1 Å². The average molecular weight is 244 g/mol. The van der Waals surface area contributed by atoms with Gasteiger partial charge in [0.1, 0.15) is 0 Å². The minimum absolute atomic E-state index is 0.454. The van der Waals surface area contributed by atoms with Crippen LogP contribution in [0.25, 0.3) is 0 Å². The molecule has 2 N–H and O–H groups in total. The van der Waals surface area contributed by atoms with Crippen LogP contribution in [-0.4, -0.2) is 29.6 Å². The Hall–Kier alpha value is -0.0800. The van der Waals surface area contributed by atoms with E-state index in [2.05, 4.69) is 53.4 Å². The predicted octanol–water partition coefficient (Wildman–Crippen LogP) is 4.04. The maximum Gasteiger partial charge on any atom is 0.00411 e. The van der Waals surface area contributed by atoms with Gasteiger partial charge in [0.2, 0.25) is 0 Å². The topological polar surface area (TPSA) is 29.3 Å². The van der Waals surface area contributed by atoms with Crippen molar-refractivity contribution in [1.82, 2.24) is 4.90 Å². The standard InChI is InChI=1S/C8H19N.C7H17N/c1-6-9(7(2)3)8(4)5;1-3-5-6-7(8)4-2/h7-8H,6H2,1-5H3;7H,3-6,8H2,1-2H3. The van der Waals surface area contributed by atoms with Gasteiger partial charge in [-0.1, -0.05) is 33.6 Å². The lowest BCUT2D eigenvalue weighted by molar-refractivity contribution is 0.185. The van der Waals surface area contributed by atoms with Gasteiger partial charge in [0.25, 0.3) is 0 Å². The second kappa shape index (κ2) is 12.4. The summed E-state index contributed by atoms with van der Waals surface area (Å²) in [6.07, 6.45) is 4.88. The Labute approximate surface area is 110 Å². The fourth-order valence-corrected chi connectivity index (χ4v) is 2.00. The SMILES string of the molecule is CCCCC(N)CC.CCN(C(C)C)C(C)C. The van der Waals surface area contributed by atoms with Crippen LogP contribution in [-0.2, 0) is 0 Å². The molecule has 0 aliphatic rings. The summed E-state index contributed by atoms with van der Waals surface area (Å²) >= 11 is 0. The van der Waals surface area contributed by atoms with E-state index >= 15 is 0 Å². The lowest BCUT2D eigenvalue weighted by Crippen LogP contribution is -2.36. The van der Waals surface area contributed by atoms with Gasteiger partial charge in [0.15, 0.2) is 0 Å². The fourth-order valence-electron chi connectivity index (χ4n) is 2.00. The van der Waals surface area contributed by atoms with E-state index in [1.54, 1.807) is 0 Å². The molecule has 0 bridgehead atoms. The number of rotatable bonds is 7. The van der Waals surface area contributed by atoms with E-state index < -0.39 is 0 Å². The highest BCUT2D eigenvalue weighted by Crippen LogP contribution is 2.02. The zero-order valence-electron chi connectivity index (χ0n) is 13.3. The molecule has 1 unspecified atom stereocenters. The van der Waals surface area contributed by atoms with Gasteiger partial charge in [0.05, 0.1) is 0 Å². The van der Waals surface area contributed by atoms with Crippen molar-refractivity contribution in [1.29, 1.82) is 0 Å². The molecule has 0 spiro atoms. The zero-order valence-corrected chi connectivity index (χ0v) is 13.3. The number of hydrogen-bond acceptors (Lipinski definition) is 2. The Balaban J connectivity index is 0. The normalized spacial score (nSPS) is 12.9. The summed E-state index contributed by atoms with van der Waals surface area (Å²) in [7, 11) is 0. The van der Waals surface area contributed by atoms with Gasteiger partial charge in [-0.2, -0.15) is 0 Å². The van der Waals surface area contributed by atoms with Crippen molar-refractivity contribution in [3.8, 4) is 0 Å². The Kier molecular flexibility index (Phi) is 14.0. The average Bonchev–Trinajstić information content (AvgIpc) is 2.26. The Morgan fingerprint density at radius 2 is 1.41 bits per heavy atom. The van der Waals surface area contributed by atoms with Crippen LogP contribution in [0.15, 0.2) is 0 Å². The monoisotopic (exact) mass is 244 g/mol. The van der Waals surface area contributed by atoms with Crippen molar-refractivity contribution in [2.45, 2.75) is 92.3 Å². The maximum absolute atomic E-state index is 5.66. The number of unbranched alkanes of at least 4 members (excludes halogenated alkanes) is 1. The first-order valence-electron chi connectivity index (χ1n) is 7.41. The third-order valence-corrected chi connectivity index (χ3v) is 3.14. The number of nitrogens with zero attached hydrogens (tertiary/aromatic N) is 1. The lowest BCUT2D eigenvalue weighted by atomic mass is 10.1. The summed E-state index contributed by atoms with van der Waals surface area (Å²) in [6, 6.07) is 1.83. The van der Waals surface area contributed by atoms with E-state index in [0.29, 0.717) is 18.1 Å². The molecule has 0 radical (unpaired) electrons. The molecule has 0 aliphatic heterocycles. The first-order chi connectivity index (χ1) is 7.90. The molecule has 106 valence electrons. The highest BCUT2D eigenvalue weighted by Gasteiger charge is 2.08. The molecule has 17 heavy (non-hydrogen) atoms. The van der Waals surface area contributed by atoms with Crippen molar-refractivity contribution in [2.75, 3.05) is 6.54 Å². The second-order valence-corrected chi connectivity index (χ2v) is 5.33. The van der Waals surface area contributed by atoms with Gasteiger partial charge in [-0.3, -0.25) is 4.90 Å². The van der Waals surface area contributed by atoms with Crippen molar-refractivity contribution in [2.24, 2.45) is 5.73 Å². The molecule has 2 nitrogen and oxygen atoms in total. The van der Waals surface area contributed by atoms with Gasteiger partial charge in [-0.25, -0.2) is 0 Å². The zero-order chi connectivity index (χ0) is 13.8. The molecular weight excluding hydrogens is 208 g/mol. The van der Waals surface area contributed by atoms with E-state index in [1.807, 2.05) is 0 Å². The Morgan fingerprint density at radius 1 is 0.941 bits per heavy atom. The minimum Gasteiger partial charge on any atom is -0.328 e. The van der Waals surface area contributed by atoms with Crippen LogP contribution in [0.2, 0.25) is 0 Å². The lowest BCUT2D eigenvalue weighted by Gasteiger charge is -2.28. The van der Waals surface area contributed by atoms with Crippen molar-refractivity contribution >= 4 is 0 Å². The van der Waals surface area contributed by atoms with E-state index in [0.717, 1.165) is 13.0 Å². The molecule has 0 saturated carbocycles. The van der Waals surface area contributed by atoms with E-state index in [9.17, 15) is 0 Å². The largest absolute Gasteiger partial charge is 0.328 e. The molecule has 0 amide bonds. The van der Waals surface area contributed by atoms with Crippen molar-refractivity contribution in [3.63, 3.8) is 0 Å². The molecular formula is C15H36N2. The molecule has 1 atom stereocenters. The highest BCUT2D eigenvalue weighted by molar-refractivity contribution is 4.64. The molecule has 0 heterocycles. The minimum atomic E-state index is 0.454. The summed E-state index contributed by atoms with van der Waals surface area (Å²) in [5, 5.41) is 0. The second-order valence-electron chi connectivity index (χ2n) is 5.33. The van der Waals surface area contributed by atoms with Crippen LogP contribution in [0.3, 0.4) is 0 Å². The predicted molar refractivity (Wildman–Crippen MR) is 80.4 cm³/mol. The Morgan fingerprint density at radius 3 is 1.59 bits per heavy atom. The van der Waals surface area contributed by atoms with E-state index in [-0.39, 0.29) is 0 Å². The van der Waals surface area contributed by atoms with Crippen LogP contribution < -0.4 is 5.73 Å².